The molecule has 1 aromatic carbocycles. The van der Waals surface area contributed by atoms with Gasteiger partial charge in [-0.3, -0.25) is 4.90 Å². The van der Waals surface area contributed by atoms with E-state index in [1.54, 1.807) is 11.1 Å². The van der Waals surface area contributed by atoms with Gasteiger partial charge in [0.1, 0.15) is 0 Å². The van der Waals surface area contributed by atoms with Gasteiger partial charge in [-0.25, -0.2) is 0 Å². The van der Waals surface area contributed by atoms with Gasteiger partial charge in [-0.15, -0.1) is 0 Å². The van der Waals surface area contributed by atoms with E-state index < -0.39 is 0 Å². The molecule has 0 saturated carbocycles. The summed E-state index contributed by atoms with van der Waals surface area (Å²) >= 11 is 3.60. The molecule has 0 radical (unpaired) electrons. The van der Waals surface area contributed by atoms with Crippen LogP contribution in [-0.2, 0) is 6.42 Å². The highest BCUT2D eigenvalue weighted by Gasteiger charge is 2.28. The number of likely N-dealkylation sites (tertiary alicyclic amines) is 1. The lowest BCUT2D eigenvalue weighted by atomic mass is 9.85. The summed E-state index contributed by atoms with van der Waals surface area (Å²) in [4.78, 5) is 2.74. The maximum absolute atomic E-state index is 3.60. The maximum atomic E-state index is 3.60. The van der Waals surface area contributed by atoms with Crippen molar-refractivity contribution in [2.24, 2.45) is 5.92 Å². The van der Waals surface area contributed by atoms with Crippen molar-refractivity contribution in [3.05, 3.63) is 33.8 Å². The van der Waals surface area contributed by atoms with Gasteiger partial charge >= 0.3 is 0 Å². The number of halogens is 1. The zero-order valence-electron chi connectivity index (χ0n) is 11.2. The lowest BCUT2D eigenvalue weighted by molar-refractivity contribution is 0.118. The van der Waals surface area contributed by atoms with E-state index in [2.05, 4.69) is 46.0 Å². The van der Waals surface area contributed by atoms with Gasteiger partial charge in [-0.1, -0.05) is 28.9 Å². The van der Waals surface area contributed by atoms with E-state index in [9.17, 15) is 0 Å². The van der Waals surface area contributed by atoms with Gasteiger partial charge in [-0.2, -0.15) is 0 Å². The van der Waals surface area contributed by atoms with Crippen LogP contribution in [0.3, 0.4) is 0 Å². The van der Waals surface area contributed by atoms with E-state index >= 15 is 0 Å². The minimum atomic E-state index is 0.685. The smallest absolute Gasteiger partial charge is 0.0351 e. The predicted molar refractivity (Wildman–Crippen MR) is 79.8 cm³/mol. The first-order chi connectivity index (χ1) is 8.74. The summed E-state index contributed by atoms with van der Waals surface area (Å²) in [6.45, 7) is 4.99. The van der Waals surface area contributed by atoms with Crippen LogP contribution < -0.4 is 0 Å². The lowest BCUT2D eigenvalue weighted by Crippen LogP contribution is -2.38. The topological polar surface area (TPSA) is 3.24 Å². The van der Waals surface area contributed by atoms with Crippen molar-refractivity contribution in [3.8, 4) is 0 Å². The second kappa shape index (κ2) is 5.34. The average molecular weight is 308 g/mol. The molecule has 1 aliphatic carbocycles. The summed E-state index contributed by atoms with van der Waals surface area (Å²) in [5.74, 6) is 0.875. The van der Waals surface area contributed by atoms with Crippen molar-refractivity contribution >= 4 is 15.9 Å². The molecule has 1 nitrogen and oxygen atoms in total. The summed E-state index contributed by atoms with van der Waals surface area (Å²) in [6, 6.07) is 7.58. The molecule has 2 unspecified atom stereocenters. The molecule has 1 fully saturated rings. The molecule has 18 heavy (non-hydrogen) atoms. The molecule has 0 aromatic heterocycles. The van der Waals surface area contributed by atoms with E-state index in [4.69, 9.17) is 0 Å². The lowest BCUT2D eigenvalue weighted by Gasteiger charge is -2.40. The summed E-state index contributed by atoms with van der Waals surface area (Å²) in [6.07, 6.45) is 6.75. The number of aryl methyl sites for hydroxylation is 1. The van der Waals surface area contributed by atoms with Crippen LogP contribution in [0.5, 0.6) is 0 Å². The predicted octanol–water partition coefficient (Wildman–Crippen LogP) is 4.56. The first-order valence-electron chi connectivity index (χ1n) is 7.26. The van der Waals surface area contributed by atoms with Crippen LogP contribution >= 0.6 is 15.9 Å². The third-order valence-electron chi connectivity index (χ3n) is 4.52. The van der Waals surface area contributed by atoms with Crippen LogP contribution in [0.25, 0.3) is 0 Å². The highest BCUT2D eigenvalue weighted by molar-refractivity contribution is 9.10. The summed E-state index contributed by atoms with van der Waals surface area (Å²) in [5.41, 5.74) is 3.16. The van der Waals surface area contributed by atoms with Crippen molar-refractivity contribution in [2.75, 3.05) is 13.1 Å². The van der Waals surface area contributed by atoms with E-state index in [1.807, 2.05) is 0 Å². The second-order valence-corrected chi connectivity index (χ2v) is 6.91. The molecule has 1 saturated heterocycles. The number of rotatable bonds is 1. The molecular weight excluding hydrogens is 286 g/mol. The third kappa shape index (κ3) is 2.50. The Balaban J connectivity index is 1.86. The van der Waals surface area contributed by atoms with E-state index in [-0.39, 0.29) is 0 Å². The van der Waals surface area contributed by atoms with E-state index in [0.29, 0.717) is 6.04 Å². The fourth-order valence-corrected chi connectivity index (χ4v) is 4.05. The molecule has 2 aliphatic rings. The minimum absolute atomic E-state index is 0.685. The molecule has 3 rings (SSSR count). The molecule has 98 valence electrons. The number of hydrogen-bond donors (Lipinski definition) is 0. The van der Waals surface area contributed by atoms with Gasteiger partial charge in [0, 0.05) is 17.1 Å². The molecule has 0 spiro atoms. The zero-order valence-corrected chi connectivity index (χ0v) is 12.7. The summed E-state index contributed by atoms with van der Waals surface area (Å²) < 4.78 is 1.23. The van der Waals surface area contributed by atoms with Gasteiger partial charge in [0.05, 0.1) is 0 Å². The Labute approximate surface area is 119 Å². The number of nitrogens with zero attached hydrogens (tertiary/aromatic N) is 1. The molecule has 1 heterocycles. The fourth-order valence-electron chi connectivity index (χ4n) is 3.65. The minimum Gasteiger partial charge on any atom is -0.296 e. The van der Waals surface area contributed by atoms with Crippen LogP contribution in [0.15, 0.2) is 22.7 Å². The van der Waals surface area contributed by atoms with Crippen LogP contribution in [0, 0.1) is 5.92 Å². The van der Waals surface area contributed by atoms with Gasteiger partial charge < -0.3 is 0 Å². The Morgan fingerprint density at radius 3 is 2.94 bits per heavy atom. The van der Waals surface area contributed by atoms with Crippen LogP contribution in [0.4, 0.5) is 0 Å². The van der Waals surface area contributed by atoms with Crippen molar-refractivity contribution in [3.63, 3.8) is 0 Å². The van der Waals surface area contributed by atoms with Crippen LogP contribution in [0.2, 0.25) is 0 Å². The molecule has 2 atom stereocenters. The van der Waals surface area contributed by atoms with Crippen molar-refractivity contribution < 1.29 is 0 Å². The number of benzene rings is 1. The Hall–Kier alpha value is -0.340. The normalized spacial score (nSPS) is 29.0. The molecular formula is C16H22BrN. The van der Waals surface area contributed by atoms with Gasteiger partial charge in [0.25, 0.3) is 0 Å². The molecule has 1 aliphatic heterocycles. The van der Waals surface area contributed by atoms with E-state index in [1.165, 1.54) is 49.7 Å². The van der Waals surface area contributed by atoms with Gasteiger partial charge in [0.15, 0.2) is 0 Å². The highest BCUT2D eigenvalue weighted by atomic mass is 79.9. The standard InChI is InChI=1S/C16H22BrN/c1-12-4-3-9-18(11-12)16-6-2-5-13-10-14(17)7-8-15(13)16/h7-8,10,12,16H,2-6,9,11H2,1H3. The Bertz CT molecular complexity index is 429. The number of hydrogen-bond acceptors (Lipinski definition) is 1. The SMILES string of the molecule is CC1CCCN(C2CCCc3cc(Br)ccc32)C1. The van der Waals surface area contributed by atoms with Crippen molar-refractivity contribution in [1.29, 1.82) is 0 Å². The molecule has 0 amide bonds. The van der Waals surface area contributed by atoms with Gasteiger partial charge in [-0.05, 0) is 67.8 Å². The first kappa shape index (κ1) is 12.7. The fraction of sp³-hybridized carbons (Fsp3) is 0.625. The molecule has 2 heteroatoms. The molecule has 1 aromatic rings. The van der Waals surface area contributed by atoms with Crippen LogP contribution in [0.1, 0.15) is 49.8 Å². The third-order valence-corrected chi connectivity index (χ3v) is 5.01. The summed E-state index contributed by atoms with van der Waals surface area (Å²) in [5, 5.41) is 0. The second-order valence-electron chi connectivity index (χ2n) is 5.99. The van der Waals surface area contributed by atoms with Crippen molar-refractivity contribution in [2.45, 2.75) is 45.1 Å². The summed E-state index contributed by atoms with van der Waals surface area (Å²) in [7, 11) is 0. The van der Waals surface area contributed by atoms with Gasteiger partial charge in [0.2, 0.25) is 0 Å². The largest absolute Gasteiger partial charge is 0.296 e. The van der Waals surface area contributed by atoms with Crippen LogP contribution in [-0.4, -0.2) is 18.0 Å². The zero-order chi connectivity index (χ0) is 12.5. The maximum Gasteiger partial charge on any atom is 0.0351 e. The first-order valence-corrected chi connectivity index (χ1v) is 8.05. The van der Waals surface area contributed by atoms with E-state index in [0.717, 1.165) is 5.92 Å². The Kier molecular flexibility index (Phi) is 3.76. The quantitative estimate of drug-likeness (QED) is 0.735. The molecule has 0 N–H and O–H groups in total. The Morgan fingerprint density at radius 2 is 2.11 bits per heavy atom. The monoisotopic (exact) mass is 307 g/mol. The highest BCUT2D eigenvalue weighted by Crippen LogP contribution is 2.37. The number of fused-ring (bicyclic) bond motifs is 1. The molecule has 0 bridgehead atoms. The van der Waals surface area contributed by atoms with Crippen molar-refractivity contribution in [1.82, 2.24) is 4.90 Å². The Morgan fingerprint density at radius 1 is 1.22 bits per heavy atom. The average Bonchev–Trinajstić information content (AvgIpc) is 2.37. The number of piperidine rings is 1.